The lowest BCUT2D eigenvalue weighted by molar-refractivity contribution is -0.104. The van der Waals surface area contributed by atoms with Gasteiger partial charge in [-0.3, -0.25) is 9.59 Å². The van der Waals surface area contributed by atoms with Crippen LogP contribution in [-0.4, -0.2) is 17.1 Å². The fourth-order valence-corrected chi connectivity index (χ4v) is 2.98. The number of benzene rings is 2. The predicted octanol–water partition coefficient (Wildman–Crippen LogP) is 5.26. The van der Waals surface area contributed by atoms with E-state index in [0.29, 0.717) is 12.0 Å². The van der Waals surface area contributed by atoms with Gasteiger partial charge in [-0.05, 0) is 35.4 Å². The molecule has 0 radical (unpaired) electrons. The average molecular weight is 433 g/mol. The number of halogens is 2. The molecule has 1 N–H and O–H groups in total. The third-order valence-electron chi connectivity index (χ3n) is 3.52. The van der Waals surface area contributed by atoms with Gasteiger partial charge in [-0.2, -0.15) is 0 Å². The molecule has 3 rings (SSSR count). The standard InChI is InChI=1S/C18H11Br2NO2/c19-13-5-1-11(2-6-13)15-9-21-18(16(23)10-22)17(15)12-3-7-14(20)8-4-12/h1-10,21H. The molecule has 0 aliphatic carbocycles. The zero-order chi connectivity index (χ0) is 16.4. The molecule has 0 amide bonds. The van der Waals surface area contributed by atoms with Gasteiger partial charge in [0.2, 0.25) is 5.78 Å². The number of ketones is 1. The normalized spacial score (nSPS) is 10.5. The van der Waals surface area contributed by atoms with E-state index in [2.05, 4.69) is 36.8 Å². The molecule has 1 heterocycles. The van der Waals surface area contributed by atoms with Gasteiger partial charge in [0.1, 0.15) is 0 Å². The maximum atomic E-state index is 12.0. The van der Waals surface area contributed by atoms with Crippen molar-refractivity contribution < 1.29 is 9.59 Å². The second-order valence-electron chi connectivity index (χ2n) is 4.95. The second kappa shape index (κ2) is 6.64. The van der Waals surface area contributed by atoms with Gasteiger partial charge >= 0.3 is 0 Å². The van der Waals surface area contributed by atoms with E-state index in [4.69, 9.17) is 0 Å². The van der Waals surface area contributed by atoms with E-state index in [1.54, 1.807) is 6.20 Å². The van der Waals surface area contributed by atoms with Crippen molar-refractivity contribution in [2.75, 3.05) is 0 Å². The number of aldehydes is 1. The summed E-state index contributed by atoms with van der Waals surface area (Å²) >= 11 is 6.82. The molecule has 2 aromatic carbocycles. The minimum absolute atomic E-state index is 0.306. The van der Waals surface area contributed by atoms with Gasteiger partial charge in [0.25, 0.3) is 0 Å². The largest absolute Gasteiger partial charge is 0.357 e. The maximum absolute atomic E-state index is 12.0. The number of H-pyrrole nitrogens is 1. The van der Waals surface area contributed by atoms with Crippen LogP contribution in [0.15, 0.2) is 63.7 Å². The van der Waals surface area contributed by atoms with Crippen LogP contribution in [0.5, 0.6) is 0 Å². The molecule has 0 saturated heterocycles. The molecule has 0 aliphatic heterocycles. The summed E-state index contributed by atoms with van der Waals surface area (Å²) in [6.07, 6.45) is 2.09. The topological polar surface area (TPSA) is 49.9 Å². The Kier molecular flexibility index (Phi) is 4.59. The van der Waals surface area contributed by atoms with Crippen LogP contribution in [0.4, 0.5) is 0 Å². The molecule has 0 atom stereocenters. The van der Waals surface area contributed by atoms with Crippen molar-refractivity contribution in [3.05, 3.63) is 69.4 Å². The zero-order valence-electron chi connectivity index (χ0n) is 11.8. The molecular formula is C18H11Br2NO2. The van der Waals surface area contributed by atoms with E-state index in [9.17, 15) is 9.59 Å². The van der Waals surface area contributed by atoms with Crippen LogP contribution >= 0.6 is 31.9 Å². The van der Waals surface area contributed by atoms with Crippen molar-refractivity contribution >= 4 is 43.9 Å². The smallest absolute Gasteiger partial charge is 0.242 e. The number of aromatic amines is 1. The van der Waals surface area contributed by atoms with E-state index in [0.717, 1.165) is 31.2 Å². The van der Waals surface area contributed by atoms with E-state index in [1.807, 2.05) is 48.5 Å². The number of nitrogens with one attached hydrogen (secondary N) is 1. The van der Waals surface area contributed by atoms with Crippen LogP contribution in [0, 0.1) is 0 Å². The number of aromatic nitrogens is 1. The van der Waals surface area contributed by atoms with Gasteiger partial charge in [0.15, 0.2) is 6.29 Å². The Morgan fingerprint density at radius 1 is 0.870 bits per heavy atom. The highest BCUT2D eigenvalue weighted by atomic mass is 79.9. The van der Waals surface area contributed by atoms with Crippen LogP contribution in [0.1, 0.15) is 10.5 Å². The molecule has 1 aromatic heterocycles. The molecule has 114 valence electrons. The zero-order valence-corrected chi connectivity index (χ0v) is 15.0. The minimum Gasteiger partial charge on any atom is -0.357 e. The number of rotatable bonds is 4. The lowest BCUT2D eigenvalue weighted by Gasteiger charge is -2.07. The first-order chi connectivity index (χ1) is 11.1. The van der Waals surface area contributed by atoms with Gasteiger partial charge in [0, 0.05) is 26.3 Å². The maximum Gasteiger partial charge on any atom is 0.242 e. The summed E-state index contributed by atoms with van der Waals surface area (Å²) in [7, 11) is 0. The van der Waals surface area contributed by atoms with Crippen LogP contribution in [0.3, 0.4) is 0 Å². The molecule has 23 heavy (non-hydrogen) atoms. The van der Waals surface area contributed by atoms with Crippen molar-refractivity contribution in [2.24, 2.45) is 0 Å². The van der Waals surface area contributed by atoms with Crippen LogP contribution < -0.4 is 0 Å². The second-order valence-corrected chi connectivity index (χ2v) is 6.78. The van der Waals surface area contributed by atoms with Crippen molar-refractivity contribution in [1.82, 2.24) is 4.98 Å². The third kappa shape index (κ3) is 3.21. The van der Waals surface area contributed by atoms with Gasteiger partial charge in [-0.1, -0.05) is 56.1 Å². The van der Waals surface area contributed by atoms with Crippen molar-refractivity contribution in [2.45, 2.75) is 0 Å². The molecule has 0 bridgehead atoms. The van der Waals surface area contributed by atoms with Gasteiger partial charge in [-0.15, -0.1) is 0 Å². The average Bonchev–Trinajstić information content (AvgIpc) is 3.00. The van der Waals surface area contributed by atoms with Crippen molar-refractivity contribution in [1.29, 1.82) is 0 Å². The Labute approximate surface area is 150 Å². The first kappa shape index (κ1) is 15.9. The number of carbonyl (C=O) groups excluding carboxylic acids is 2. The van der Waals surface area contributed by atoms with E-state index < -0.39 is 5.78 Å². The monoisotopic (exact) mass is 431 g/mol. The number of hydrogen-bond acceptors (Lipinski definition) is 2. The Balaban J connectivity index is 2.22. The Bertz CT molecular complexity index is 865. The molecule has 0 fully saturated rings. The highest BCUT2D eigenvalue weighted by Gasteiger charge is 2.19. The van der Waals surface area contributed by atoms with Crippen LogP contribution in [-0.2, 0) is 4.79 Å². The Hall–Kier alpha value is -1.98. The summed E-state index contributed by atoms with van der Waals surface area (Å²) in [6.45, 7) is 0. The summed E-state index contributed by atoms with van der Waals surface area (Å²) in [4.78, 5) is 25.9. The molecule has 0 spiro atoms. The molecule has 3 aromatic rings. The van der Waals surface area contributed by atoms with Crippen molar-refractivity contribution in [3.63, 3.8) is 0 Å². The van der Waals surface area contributed by atoms with Crippen LogP contribution in [0.25, 0.3) is 22.3 Å². The fraction of sp³-hybridized carbons (Fsp3) is 0. The molecule has 3 nitrogen and oxygen atoms in total. The summed E-state index contributed by atoms with van der Waals surface area (Å²) in [6, 6.07) is 15.4. The van der Waals surface area contributed by atoms with E-state index in [-0.39, 0.29) is 0 Å². The Morgan fingerprint density at radius 2 is 1.39 bits per heavy atom. The first-order valence-corrected chi connectivity index (χ1v) is 8.41. The first-order valence-electron chi connectivity index (χ1n) is 6.83. The summed E-state index contributed by atoms with van der Waals surface area (Å²) < 4.78 is 1.93. The predicted molar refractivity (Wildman–Crippen MR) is 97.5 cm³/mol. The molecule has 0 aliphatic rings. The highest BCUT2D eigenvalue weighted by molar-refractivity contribution is 9.10. The third-order valence-corrected chi connectivity index (χ3v) is 4.58. The molecule has 0 saturated carbocycles. The van der Waals surface area contributed by atoms with Crippen LogP contribution in [0.2, 0.25) is 0 Å². The van der Waals surface area contributed by atoms with Gasteiger partial charge in [-0.25, -0.2) is 0 Å². The minimum atomic E-state index is -0.564. The van der Waals surface area contributed by atoms with Crippen molar-refractivity contribution in [3.8, 4) is 22.3 Å². The lowest BCUT2D eigenvalue weighted by atomic mass is 9.96. The SMILES string of the molecule is O=CC(=O)c1[nH]cc(-c2ccc(Br)cc2)c1-c1ccc(Br)cc1. The van der Waals surface area contributed by atoms with E-state index in [1.165, 1.54) is 0 Å². The fourth-order valence-electron chi connectivity index (χ4n) is 2.45. The summed E-state index contributed by atoms with van der Waals surface area (Å²) in [5, 5.41) is 0. The molecule has 0 unspecified atom stereocenters. The molecular weight excluding hydrogens is 422 g/mol. The quantitative estimate of drug-likeness (QED) is 0.347. The summed E-state index contributed by atoms with van der Waals surface area (Å²) in [5.74, 6) is -0.564. The van der Waals surface area contributed by atoms with Gasteiger partial charge < -0.3 is 4.98 Å². The van der Waals surface area contributed by atoms with Gasteiger partial charge in [0.05, 0.1) is 5.69 Å². The van der Waals surface area contributed by atoms with E-state index >= 15 is 0 Å². The highest BCUT2D eigenvalue weighted by Crippen LogP contribution is 2.36. The molecule has 5 heteroatoms. The number of hydrogen-bond donors (Lipinski definition) is 1. The Morgan fingerprint density at radius 3 is 1.91 bits per heavy atom. The lowest BCUT2D eigenvalue weighted by Crippen LogP contribution is -2.02. The number of carbonyl (C=O) groups is 2. The number of Topliss-reactive ketones (excluding diaryl/α,β-unsaturated/α-hetero) is 1. The summed E-state index contributed by atoms with van der Waals surface area (Å²) in [5.41, 5.74) is 3.76.